The molecule has 0 aromatic carbocycles. The zero-order valence-electron chi connectivity index (χ0n) is 18.0. The first kappa shape index (κ1) is 20.2. The molecule has 158 valence electrons. The lowest BCUT2D eigenvalue weighted by Gasteiger charge is -2.34. The summed E-state index contributed by atoms with van der Waals surface area (Å²) < 4.78 is 13.0. The van der Waals surface area contributed by atoms with Gasteiger partial charge in [0.15, 0.2) is 0 Å². The summed E-state index contributed by atoms with van der Waals surface area (Å²) in [5.74, 6) is 0.877. The van der Waals surface area contributed by atoms with Crippen LogP contribution in [0.25, 0.3) is 16.8 Å². The Morgan fingerprint density at radius 3 is 2.83 bits per heavy atom. The van der Waals surface area contributed by atoms with Crippen LogP contribution in [0, 0.1) is 0 Å². The molecule has 1 amide bonds. The first-order valence-corrected chi connectivity index (χ1v) is 10.3. The van der Waals surface area contributed by atoms with Crippen molar-refractivity contribution < 1.29 is 14.3 Å². The van der Waals surface area contributed by atoms with E-state index in [-0.39, 0.29) is 12.0 Å². The van der Waals surface area contributed by atoms with Crippen molar-refractivity contribution in [3.05, 3.63) is 48.4 Å². The number of rotatable bonds is 3. The predicted octanol–water partition coefficient (Wildman–Crippen LogP) is 4.52. The summed E-state index contributed by atoms with van der Waals surface area (Å²) in [5, 5.41) is 4.43. The third kappa shape index (κ3) is 4.25. The van der Waals surface area contributed by atoms with E-state index in [1.54, 1.807) is 12.0 Å². The Labute approximate surface area is 176 Å². The smallest absolute Gasteiger partial charge is 0.410 e. The molecule has 0 aliphatic carbocycles. The Kier molecular flexibility index (Phi) is 5.37. The van der Waals surface area contributed by atoms with Crippen LogP contribution in [0.3, 0.4) is 0 Å². The SMILES string of the molecule is COc1cc(-c2cnn3ccccc23)nc(C2CCCN(C(=O)OC(C)(C)C)C2)c1. The van der Waals surface area contributed by atoms with Crippen molar-refractivity contribution in [1.82, 2.24) is 19.5 Å². The van der Waals surface area contributed by atoms with E-state index in [1.165, 1.54) is 0 Å². The molecule has 7 heteroatoms. The second-order valence-corrected chi connectivity index (χ2v) is 8.67. The van der Waals surface area contributed by atoms with Crippen LogP contribution < -0.4 is 4.74 Å². The molecule has 3 aromatic heterocycles. The van der Waals surface area contributed by atoms with Crippen molar-refractivity contribution in [2.75, 3.05) is 20.2 Å². The molecule has 30 heavy (non-hydrogen) atoms. The Hall–Kier alpha value is -3.09. The number of pyridine rings is 2. The molecule has 1 aliphatic heterocycles. The minimum atomic E-state index is -0.505. The highest BCUT2D eigenvalue weighted by Crippen LogP contribution is 2.32. The van der Waals surface area contributed by atoms with Gasteiger partial charge in [0.1, 0.15) is 11.4 Å². The predicted molar refractivity (Wildman–Crippen MR) is 115 cm³/mol. The Morgan fingerprint density at radius 2 is 2.07 bits per heavy atom. The molecule has 1 atom stereocenters. The van der Waals surface area contributed by atoms with Crippen LogP contribution >= 0.6 is 0 Å². The van der Waals surface area contributed by atoms with Gasteiger partial charge in [-0.25, -0.2) is 9.31 Å². The third-order valence-electron chi connectivity index (χ3n) is 5.25. The number of carbonyl (C=O) groups excluding carboxylic acids is 1. The summed E-state index contributed by atoms with van der Waals surface area (Å²) >= 11 is 0. The molecule has 7 nitrogen and oxygen atoms in total. The number of piperidine rings is 1. The highest BCUT2D eigenvalue weighted by Gasteiger charge is 2.29. The Morgan fingerprint density at radius 1 is 1.23 bits per heavy atom. The van der Waals surface area contributed by atoms with Crippen molar-refractivity contribution in [3.63, 3.8) is 0 Å². The third-order valence-corrected chi connectivity index (χ3v) is 5.25. The molecular weight excluding hydrogens is 380 g/mol. The Bertz CT molecular complexity index is 1050. The van der Waals surface area contributed by atoms with Crippen LogP contribution in [0.5, 0.6) is 5.75 Å². The summed E-state index contributed by atoms with van der Waals surface area (Å²) in [6, 6.07) is 9.86. The number of nitrogens with zero attached hydrogens (tertiary/aromatic N) is 4. The molecule has 0 bridgehead atoms. The van der Waals surface area contributed by atoms with Crippen molar-refractivity contribution in [3.8, 4) is 17.0 Å². The number of methoxy groups -OCH3 is 1. The lowest BCUT2D eigenvalue weighted by molar-refractivity contribution is 0.0197. The fourth-order valence-corrected chi connectivity index (χ4v) is 3.83. The molecule has 1 saturated heterocycles. The molecule has 4 heterocycles. The average Bonchev–Trinajstić information content (AvgIpc) is 3.16. The summed E-state index contributed by atoms with van der Waals surface area (Å²) in [6.45, 7) is 6.95. The lowest BCUT2D eigenvalue weighted by Crippen LogP contribution is -2.42. The van der Waals surface area contributed by atoms with Gasteiger partial charge in [-0.15, -0.1) is 0 Å². The molecule has 0 radical (unpaired) electrons. The van der Waals surface area contributed by atoms with Crippen molar-refractivity contribution in [2.24, 2.45) is 0 Å². The number of likely N-dealkylation sites (tertiary alicyclic amines) is 1. The number of aromatic nitrogens is 3. The van der Waals surface area contributed by atoms with E-state index >= 15 is 0 Å². The van der Waals surface area contributed by atoms with Gasteiger partial charge >= 0.3 is 6.09 Å². The van der Waals surface area contributed by atoms with Crippen molar-refractivity contribution >= 4 is 11.6 Å². The van der Waals surface area contributed by atoms with E-state index in [2.05, 4.69) is 5.10 Å². The molecule has 4 rings (SSSR count). The second-order valence-electron chi connectivity index (χ2n) is 8.67. The molecule has 0 N–H and O–H groups in total. The lowest BCUT2D eigenvalue weighted by atomic mass is 9.94. The van der Waals surface area contributed by atoms with Crippen molar-refractivity contribution in [2.45, 2.75) is 45.1 Å². The zero-order valence-corrected chi connectivity index (χ0v) is 18.0. The number of carbonyl (C=O) groups is 1. The summed E-state index contributed by atoms with van der Waals surface area (Å²) in [6.07, 6.45) is 5.36. The standard InChI is InChI=1S/C23H28N4O3/c1-23(2,3)30-22(28)26-10-7-8-16(15-26)19-12-17(29-4)13-20(25-19)18-14-24-27-11-6-5-9-21(18)27/h5-6,9,11-14,16H,7-8,10,15H2,1-4H3. The molecule has 1 unspecified atom stereocenters. The van der Waals surface area contributed by atoms with Gasteiger partial charge in [0, 0.05) is 48.6 Å². The summed E-state index contributed by atoms with van der Waals surface area (Å²) in [4.78, 5) is 19.3. The van der Waals surface area contributed by atoms with Gasteiger partial charge in [0.05, 0.1) is 24.5 Å². The first-order valence-electron chi connectivity index (χ1n) is 10.3. The largest absolute Gasteiger partial charge is 0.497 e. The zero-order chi connectivity index (χ0) is 21.3. The minimum absolute atomic E-state index is 0.127. The molecule has 0 spiro atoms. The van der Waals surface area contributed by atoms with Crippen LogP contribution in [0.2, 0.25) is 0 Å². The molecule has 1 fully saturated rings. The van der Waals surface area contributed by atoms with Crippen molar-refractivity contribution in [1.29, 1.82) is 0 Å². The maximum atomic E-state index is 12.6. The van der Waals surface area contributed by atoms with Crippen LogP contribution in [-0.2, 0) is 4.74 Å². The van der Waals surface area contributed by atoms with E-state index in [1.807, 2.05) is 68.0 Å². The second kappa shape index (κ2) is 7.97. The van der Waals surface area contributed by atoms with Gasteiger partial charge in [0.25, 0.3) is 0 Å². The van der Waals surface area contributed by atoms with Gasteiger partial charge in [-0.1, -0.05) is 6.07 Å². The average molecular weight is 409 g/mol. The van der Waals surface area contributed by atoms with Crippen LogP contribution in [0.15, 0.2) is 42.7 Å². The number of hydrogen-bond acceptors (Lipinski definition) is 5. The van der Waals surface area contributed by atoms with Gasteiger partial charge in [-0.05, 0) is 45.7 Å². The van der Waals surface area contributed by atoms with Crippen LogP contribution in [0.4, 0.5) is 4.79 Å². The van der Waals surface area contributed by atoms with Gasteiger partial charge < -0.3 is 14.4 Å². The van der Waals surface area contributed by atoms with E-state index < -0.39 is 5.60 Å². The molecular formula is C23H28N4O3. The summed E-state index contributed by atoms with van der Waals surface area (Å²) in [7, 11) is 1.66. The van der Waals surface area contributed by atoms with Gasteiger partial charge in [-0.2, -0.15) is 5.10 Å². The van der Waals surface area contributed by atoms with Gasteiger partial charge in [0.2, 0.25) is 0 Å². The minimum Gasteiger partial charge on any atom is -0.497 e. The van der Waals surface area contributed by atoms with Crippen LogP contribution in [0.1, 0.15) is 45.2 Å². The number of amides is 1. The quantitative estimate of drug-likeness (QED) is 0.637. The fraction of sp³-hybridized carbons (Fsp3) is 0.435. The number of ether oxygens (including phenoxy) is 2. The normalized spacial score (nSPS) is 17.2. The van der Waals surface area contributed by atoms with Gasteiger partial charge in [-0.3, -0.25) is 4.98 Å². The van der Waals surface area contributed by atoms with E-state index in [4.69, 9.17) is 14.5 Å². The van der Waals surface area contributed by atoms with E-state index in [9.17, 15) is 4.79 Å². The maximum Gasteiger partial charge on any atom is 0.410 e. The topological polar surface area (TPSA) is 69.0 Å². The molecule has 3 aromatic rings. The Balaban J connectivity index is 1.64. The van der Waals surface area contributed by atoms with E-state index in [0.29, 0.717) is 13.1 Å². The van der Waals surface area contributed by atoms with E-state index in [0.717, 1.165) is 41.1 Å². The summed E-state index contributed by atoms with van der Waals surface area (Å²) in [5.41, 5.74) is 3.18. The molecule has 1 aliphatic rings. The van der Waals surface area contributed by atoms with Crippen LogP contribution in [-0.4, -0.2) is 51.4 Å². The number of hydrogen-bond donors (Lipinski definition) is 0. The first-order chi connectivity index (χ1) is 14.3. The highest BCUT2D eigenvalue weighted by atomic mass is 16.6. The number of fused-ring (bicyclic) bond motifs is 1. The monoisotopic (exact) mass is 408 g/mol. The fourth-order valence-electron chi connectivity index (χ4n) is 3.83. The molecule has 0 saturated carbocycles. The maximum absolute atomic E-state index is 12.6. The highest BCUT2D eigenvalue weighted by molar-refractivity contribution is 5.78.